The normalized spacial score (nSPS) is 16.7. The molecular weight excluding hydrogens is 405 g/mol. The average molecular weight is 428 g/mol. The summed E-state index contributed by atoms with van der Waals surface area (Å²) in [6.07, 6.45) is -2.44. The van der Waals surface area contributed by atoms with Crippen molar-refractivity contribution in [3.8, 4) is 5.75 Å². The number of sulfonamides is 1. The molecule has 1 aliphatic heterocycles. The lowest BCUT2D eigenvalue weighted by molar-refractivity contribution is -0.137. The van der Waals surface area contributed by atoms with E-state index in [-0.39, 0.29) is 17.5 Å². The number of halogens is 3. The van der Waals surface area contributed by atoms with Crippen LogP contribution in [0.5, 0.6) is 5.75 Å². The number of hydrogen-bond donors (Lipinski definition) is 1. The summed E-state index contributed by atoms with van der Waals surface area (Å²) < 4.78 is 71.2. The van der Waals surface area contributed by atoms with Crippen molar-refractivity contribution in [2.24, 2.45) is 0 Å². The SMILES string of the molecule is COc1cccc(C(CNS(=O)(=O)c2ccc(C(F)(F)F)cc2)N2CCCC2)c1. The van der Waals surface area contributed by atoms with Crippen LogP contribution in [0.15, 0.2) is 53.4 Å². The largest absolute Gasteiger partial charge is 0.497 e. The highest BCUT2D eigenvalue weighted by molar-refractivity contribution is 7.89. The molecule has 3 rings (SSSR count). The van der Waals surface area contributed by atoms with Crippen molar-refractivity contribution in [3.63, 3.8) is 0 Å². The number of rotatable bonds is 7. The zero-order chi connectivity index (χ0) is 21.1. The van der Waals surface area contributed by atoms with Crippen molar-refractivity contribution in [2.45, 2.75) is 30.0 Å². The zero-order valence-electron chi connectivity index (χ0n) is 15.9. The fraction of sp³-hybridized carbons (Fsp3) is 0.400. The van der Waals surface area contributed by atoms with Gasteiger partial charge in [-0.1, -0.05) is 12.1 Å². The summed E-state index contributed by atoms with van der Waals surface area (Å²) in [4.78, 5) is 2.00. The van der Waals surface area contributed by atoms with E-state index in [1.54, 1.807) is 7.11 Å². The summed E-state index contributed by atoms with van der Waals surface area (Å²) in [5.41, 5.74) is 0.0316. The van der Waals surface area contributed by atoms with Gasteiger partial charge in [0.1, 0.15) is 5.75 Å². The Morgan fingerprint density at radius 3 is 2.34 bits per heavy atom. The molecule has 9 heteroatoms. The van der Waals surface area contributed by atoms with Gasteiger partial charge in [0.25, 0.3) is 0 Å². The Bertz CT molecular complexity index is 925. The minimum atomic E-state index is -4.51. The summed E-state index contributed by atoms with van der Waals surface area (Å²) >= 11 is 0. The van der Waals surface area contributed by atoms with E-state index < -0.39 is 21.8 Å². The van der Waals surface area contributed by atoms with Crippen molar-refractivity contribution < 1.29 is 26.3 Å². The lowest BCUT2D eigenvalue weighted by Gasteiger charge is -2.28. The molecule has 158 valence electrons. The van der Waals surface area contributed by atoms with Crippen LogP contribution in [0, 0.1) is 0 Å². The van der Waals surface area contributed by atoms with E-state index in [9.17, 15) is 21.6 Å². The highest BCUT2D eigenvalue weighted by Crippen LogP contribution is 2.30. The van der Waals surface area contributed by atoms with Gasteiger partial charge in [0.2, 0.25) is 10.0 Å². The predicted molar refractivity (Wildman–Crippen MR) is 103 cm³/mol. The lowest BCUT2D eigenvalue weighted by Crippen LogP contribution is -2.36. The molecule has 1 aliphatic rings. The van der Waals surface area contributed by atoms with Crippen molar-refractivity contribution in [3.05, 3.63) is 59.7 Å². The molecule has 1 unspecified atom stereocenters. The third kappa shape index (κ3) is 5.29. The molecule has 2 aromatic carbocycles. The second-order valence-corrected chi connectivity index (χ2v) is 8.68. The van der Waals surface area contributed by atoms with Gasteiger partial charge >= 0.3 is 6.18 Å². The van der Waals surface area contributed by atoms with E-state index in [1.165, 1.54) is 0 Å². The number of alkyl halides is 3. The molecule has 2 aromatic rings. The number of ether oxygens (including phenoxy) is 1. The first kappa shape index (κ1) is 21.6. The van der Waals surface area contributed by atoms with Gasteiger partial charge in [-0.05, 0) is 67.9 Å². The molecule has 1 fully saturated rings. The van der Waals surface area contributed by atoms with Crippen molar-refractivity contribution in [2.75, 3.05) is 26.7 Å². The van der Waals surface area contributed by atoms with Crippen molar-refractivity contribution in [1.82, 2.24) is 9.62 Å². The molecule has 1 N–H and O–H groups in total. The van der Waals surface area contributed by atoms with Crippen LogP contribution in [0.1, 0.15) is 30.0 Å². The molecule has 0 amide bonds. The van der Waals surface area contributed by atoms with Crippen LogP contribution in [0.3, 0.4) is 0 Å². The summed E-state index contributed by atoms with van der Waals surface area (Å²) in [7, 11) is -2.38. The topological polar surface area (TPSA) is 58.6 Å². The van der Waals surface area contributed by atoms with Crippen LogP contribution >= 0.6 is 0 Å². The first-order valence-corrected chi connectivity index (χ1v) is 10.7. The van der Waals surface area contributed by atoms with E-state index in [0.717, 1.165) is 55.8 Å². The number of benzene rings is 2. The smallest absolute Gasteiger partial charge is 0.416 e. The van der Waals surface area contributed by atoms with Crippen LogP contribution < -0.4 is 9.46 Å². The maximum Gasteiger partial charge on any atom is 0.416 e. The van der Waals surface area contributed by atoms with Crippen molar-refractivity contribution in [1.29, 1.82) is 0 Å². The zero-order valence-corrected chi connectivity index (χ0v) is 16.8. The fourth-order valence-corrected chi connectivity index (χ4v) is 4.49. The van der Waals surface area contributed by atoms with Gasteiger partial charge < -0.3 is 4.74 Å². The van der Waals surface area contributed by atoms with E-state index in [2.05, 4.69) is 9.62 Å². The van der Waals surface area contributed by atoms with Gasteiger partial charge in [-0.25, -0.2) is 13.1 Å². The second kappa shape index (κ2) is 8.73. The Hall–Kier alpha value is -2.10. The molecule has 0 radical (unpaired) electrons. The Balaban J connectivity index is 1.79. The minimum absolute atomic E-state index is 0.108. The molecule has 0 aromatic heterocycles. The monoisotopic (exact) mass is 428 g/mol. The second-order valence-electron chi connectivity index (χ2n) is 6.91. The standard InChI is InChI=1S/C20H23F3N2O3S/c1-28-17-6-4-5-15(13-17)19(25-11-2-3-12-25)14-24-29(26,27)18-9-7-16(8-10-18)20(21,22)23/h4-10,13,19,24H,2-3,11-12,14H2,1H3. The van der Waals surface area contributed by atoms with Gasteiger partial charge in [-0.2, -0.15) is 13.2 Å². The molecule has 5 nitrogen and oxygen atoms in total. The van der Waals surface area contributed by atoms with Gasteiger partial charge in [-0.3, -0.25) is 4.90 Å². The van der Waals surface area contributed by atoms with Crippen LogP contribution in [0.25, 0.3) is 0 Å². The molecule has 0 saturated carbocycles. The first-order chi connectivity index (χ1) is 13.7. The van der Waals surface area contributed by atoms with Crippen LogP contribution in [-0.2, 0) is 16.2 Å². The molecular formula is C20H23F3N2O3S. The molecule has 1 saturated heterocycles. The Kier molecular flexibility index (Phi) is 6.50. The number of hydrogen-bond acceptors (Lipinski definition) is 4. The minimum Gasteiger partial charge on any atom is -0.497 e. The third-order valence-electron chi connectivity index (χ3n) is 5.02. The van der Waals surface area contributed by atoms with Crippen LogP contribution in [0.2, 0.25) is 0 Å². The van der Waals surface area contributed by atoms with Crippen LogP contribution in [0.4, 0.5) is 13.2 Å². The number of methoxy groups -OCH3 is 1. The van der Waals surface area contributed by atoms with Gasteiger partial charge in [0, 0.05) is 12.6 Å². The highest BCUT2D eigenvalue weighted by Gasteiger charge is 2.31. The Morgan fingerprint density at radius 2 is 1.76 bits per heavy atom. The van der Waals surface area contributed by atoms with Gasteiger partial charge in [0.15, 0.2) is 0 Å². The maximum atomic E-state index is 12.7. The molecule has 0 spiro atoms. The highest BCUT2D eigenvalue weighted by atomic mass is 32.2. The van der Waals surface area contributed by atoms with Crippen LogP contribution in [-0.4, -0.2) is 40.1 Å². The van der Waals surface area contributed by atoms with Crippen molar-refractivity contribution >= 4 is 10.0 Å². The third-order valence-corrected chi connectivity index (χ3v) is 6.46. The quantitative estimate of drug-likeness (QED) is 0.728. The number of likely N-dealkylation sites (tertiary alicyclic amines) is 1. The Morgan fingerprint density at radius 1 is 1.10 bits per heavy atom. The first-order valence-electron chi connectivity index (χ1n) is 9.25. The van der Waals surface area contributed by atoms with E-state index in [4.69, 9.17) is 4.74 Å². The molecule has 1 heterocycles. The maximum absolute atomic E-state index is 12.7. The molecule has 29 heavy (non-hydrogen) atoms. The predicted octanol–water partition coefficient (Wildman–Crippen LogP) is 3.83. The van der Waals surface area contributed by atoms with E-state index in [1.807, 2.05) is 24.3 Å². The average Bonchev–Trinajstić information content (AvgIpc) is 3.22. The van der Waals surface area contributed by atoms with E-state index in [0.29, 0.717) is 5.75 Å². The summed E-state index contributed by atoms with van der Waals surface area (Å²) in [5, 5.41) is 0. The van der Waals surface area contributed by atoms with Gasteiger partial charge in [0.05, 0.1) is 17.6 Å². The Labute approximate surface area is 168 Å². The molecule has 0 bridgehead atoms. The fourth-order valence-electron chi connectivity index (χ4n) is 3.45. The number of nitrogens with one attached hydrogen (secondary N) is 1. The molecule has 0 aliphatic carbocycles. The number of nitrogens with zero attached hydrogens (tertiary/aromatic N) is 1. The molecule has 1 atom stereocenters. The summed E-state index contributed by atoms with van der Waals surface area (Å²) in [5.74, 6) is 0.678. The van der Waals surface area contributed by atoms with Gasteiger partial charge in [-0.15, -0.1) is 0 Å². The lowest BCUT2D eigenvalue weighted by atomic mass is 10.1. The summed E-state index contributed by atoms with van der Waals surface area (Å²) in [6, 6.07) is 10.7. The summed E-state index contributed by atoms with van der Waals surface area (Å²) in [6.45, 7) is 1.81. The van der Waals surface area contributed by atoms with E-state index >= 15 is 0 Å².